The average Bonchev–Trinajstić information content (AvgIpc) is 2.80. The van der Waals surface area contributed by atoms with E-state index in [9.17, 15) is 8.42 Å². The Bertz CT molecular complexity index is 1200. The number of methoxy groups -OCH3 is 3. The van der Waals surface area contributed by atoms with Crippen LogP contribution in [0.25, 0.3) is 0 Å². The fraction of sp³-hybridized carbons (Fsp3) is 0.200. The van der Waals surface area contributed by atoms with Gasteiger partial charge in [-0.25, -0.2) is 18.1 Å². The van der Waals surface area contributed by atoms with Crippen LogP contribution < -0.4 is 29.6 Å². The molecule has 0 spiro atoms. The molecule has 0 aliphatic heterocycles. The molecule has 32 heavy (non-hydrogen) atoms. The SMILES string of the molecule is CNS(=O)(=O)c1ccccc1Nc1nc(Nc2cc(OC)c(OC)c(OC)c2)ncc1I. The zero-order chi connectivity index (χ0) is 23.3. The maximum absolute atomic E-state index is 12.3. The highest BCUT2D eigenvalue weighted by Crippen LogP contribution is 2.40. The summed E-state index contributed by atoms with van der Waals surface area (Å²) >= 11 is 2.07. The van der Waals surface area contributed by atoms with Crippen LogP contribution in [0.2, 0.25) is 0 Å². The number of halogens is 1. The summed E-state index contributed by atoms with van der Waals surface area (Å²) in [5.74, 6) is 2.15. The van der Waals surface area contributed by atoms with Gasteiger partial charge < -0.3 is 24.8 Å². The molecule has 10 nitrogen and oxygen atoms in total. The molecule has 12 heteroatoms. The molecule has 0 aliphatic rings. The summed E-state index contributed by atoms with van der Waals surface area (Å²) in [4.78, 5) is 8.91. The van der Waals surface area contributed by atoms with Crippen molar-refractivity contribution in [1.29, 1.82) is 0 Å². The van der Waals surface area contributed by atoms with E-state index in [1.54, 1.807) is 36.5 Å². The molecule has 0 atom stereocenters. The fourth-order valence-electron chi connectivity index (χ4n) is 2.84. The van der Waals surface area contributed by atoms with Gasteiger partial charge in [0.05, 0.1) is 30.6 Å². The molecule has 0 radical (unpaired) electrons. The van der Waals surface area contributed by atoms with Gasteiger partial charge in [-0.3, -0.25) is 0 Å². The Morgan fingerprint density at radius 1 is 0.969 bits per heavy atom. The molecule has 0 fully saturated rings. The summed E-state index contributed by atoms with van der Waals surface area (Å²) in [5.41, 5.74) is 1.00. The lowest BCUT2D eigenvalue weighted by Crippen LogP contribution is -2.19. The second kappa shape index (κ2) is 10.2. The third-order valence-electron chi connectivity index (χ3n) is 4.36. The summed E-state index contributed by atoms with van der Waals surface area (Å²) in [7, 11) is 2.29. The van der Waals surface area contributed by atoms with Gasteiger partial charge in [-0.05, 0) is 41.8 Å². The van der Waals surface area contributed by atoms with Gasteiger partial charge in [-0.2, -0.15) is 4.98 Å². The number of nitrogens with one attached hydrogen (secondary N) is 3. The predicted octanol–water partition coefficient (Wildman–Crippen LogP) is 3.50. The van der Waals surface area contributed by atoms with E-state index in [0.29, 0.717) is 38.0 Å². The Kier molecular flexibility index (Phi) is 7.58. The summed E-state index contributed by atoms with van der Waals surface area (Å²) in [5, 5.41) is 6.19. The topological polar surface area (TPSA) is 124 Å². The smallest absolute Gasteiger partial charge is 0.242 e. The normalized spacial score (nSPS) is 11.0. The first-order valence-corrected chi connectivity index (χ1v) is 11.8. The zero-order valence-corrected chi connectivity index (χ0v) is 20.7. The Morgan fingerprint density at radius 2 is 1.62 bits per heavy atom. The largest absolute Gasteiger partial charge is 0.493 e. The van der Waals surface area contributed by atoms with E-state index in [1.165, 1.54) is 34.4 Å². The monoisotopic (exact) mass is 571 g/mol. The van der Waals surface area contributed by atoms with Crippen molar-refractivity contribution in [3.05, 3.63) is 46.2 Å². The highest BCUT2D eigenvalue weighted by Gasteiger charge is 2.18. The van der Waals surface area contributed by atoms with Gasteiger partial charge in [0.15, 0.2) is 11.5 Å². The molecule has 1 heterocycles. The predicted molar refractivity (Wildman–Crippen MR) is 130 cm³/mol. The van der Waals surface area contributed by atoms with Crippen LogP contribution in [-0.4, -0.2) is 46.8 Å². The minimum Gasteiger partial charge on any atom is -0.493 e. The number of sulfonamides is 1. The fourth-order valence-corrected chi connectivity index (χ4v) is 4.12. The second-order valence-corrected chi connectivity index (χ2v) is 9.28. The first-order valence-electron chi connectivity index (χ1n) is 9.22. The molecule has 0 saturated heterocycles. The summed E-state index contributed by atoms with van der Waals surface area (Å²) in [6.45, 7) is 0. The number of anilines is 4. The third-order valence-corrected chi connectivity index (χ3v) is 6.63. The number of ether oxygens (including phenoxy) is 3. The maximum Gasteiger partial charge on any atom is 0.242 e. The van der Waals surface area contributed by atoms with Crippen molar-refractivity contribution in [3.63, 3.8) is 0 Å². The van der Waals surface area contributed by atoms with Crippen LogP contribution >= 0.6 is 22.6 Å². The van der Waals surface area contributed by atoms with E-state index in [-0.39, 0.29) is 10.8 Å². The highest BCUT2D eigenvalue weighted by atomic mass is 127. The van der Waals surface area contributed by atoms with Crippen molar-refractivity contribution in [2.24, 2.45) is 0 Å². The van der Waals surface area contributed by atoms with Gasteiger partial charge in [-0.15, -0.1) is 0 Å². The number of hydrogen-bond donors (Lipinski definition) is 3. The summed E-state index contributed by atoms with van der Waals surface area (Å²) in [6.07, 6.45) is 1.62. The summed E-state index contributed by atoms with van der Waals surface area (Å²) in [6, 6.07) is 10.0. The lowest BCUT2D eigenvalue weighted by Gasteiger charge is -2.15. The van der Waals surface area contributed by atoms with Gasteiger partial charge in [-0.1, -0.05) is 12.1 Å². The summed E-state index contributed by atoms with van der Waals surface area (Å²) < 4.78 is 43.8. The molecule has 0 saturated carbocycles. The van der Waals surface area contributed by atoms with Crippen molar-refractivity contribution >= 4 is 55.8 Å². The van der Waals surface area contributed by atoms with Crippen LogP contribution in [0.15, 0.2) is 47.5 Å². The van der Waals surface area contributed by atoms with Crippen LogP contribution in [0, 0.1) is 3.57 Å². The van der Waals surface area contributed by atoms with Gasteiger partial charge in [0.25, 0.3) is 0 Å². The lowest BCUT2D eigenvalue weighted by atomic mass is 10.2. The van der Waals surface area contributed by atoms with Gasteiger partial charge in [0.2, 0.25) is 21.7 Å². The molecule has 0 amide bonds. The number of para-hydroxylation sites is 1. The Hall–Kier alpha value is -2.84. The van der Waals surface area contributed by atoms with Crippen LogP contribution in [0.3, 0.4) is 0 Å². The second-order valence-electron chi connectivity index (χ2n) is 6.26. The Labute approximate surface area is 199 Å². The van der Waals surface area contributed by atoms with Crippen LogP contribution in [0.1, 0.15) is 0 Å². The van der Waals surface area contributed by atoms with E-state index in [2.05, 4.69) is 47.9 Å². The molecule has 3 rings (SSSR count). The first-order chi connectivity index (χ1) is 15.3. The van der Waals surface area contributed by atoms with Crippen molar-refractivity contribution in [2.45, 2.75) is 4.90 Å². The van der Waals surface area contributed by atoms with E-state index in [1.807, 2.05) is 0 Å². The molecule has 0 aliphatic carbocycles. The van der Waals surface area contributed by atoms with Crippen molar-refractivity contribution in [3.8, 4) is 17.2 Å². The zero-order valence-electron chi connectivity index (χ0n) is 17.8. The molecule has 3 aromatic rings. The van der Waals surface area contributed by atoms with Gasteiger partial charge >= 0.3 is 0 Å². The minimum atomic E-state index is -3.66. The molecular formula is C20H22IN5O5S. The third kappa shape index (κ3) is 5.14. The molecule has 1 aromatic heterocycles. The van der Waals surface area contributed by atoms with Crippen molar-refractivity contribution in [1.82, 2.24) is 14.7 Å². The van der Waals surface area contributed by atoms with Crippen LogP contribution in [0.5, 0.6) is 17.2 Å². The van der Waals surface area contributed by atoms with Gasteiger partial charge in [0.1, 0.15) is 10.7 Å². The molecule has 3 N–H and O–H groups in total. The van der Waals surface area contributed by atoms with E-state index >= 15 is 0 Å². The highest BCUT2D eigenvalue weighted by molar-refractivity contribution is 14.1. The molecule has 0 unspecified atom stereocenters. The first kappa shape index (κ1) is 23.8. The minimum absolute atomic E-state index is 0.107. The van der Waals surface area contributed by atoms with E-state index < -0.39 is 10.0 Å². The Morgan fingerprint density at radius 3 is 2.22 bits per heavy atom. The Balaban J connectivity index is 1.95. The molecule has 2 aromatic carbocycles. The number of rotatable bonds is 9. The standard InChI is InChI=1S/C20H22IN5O5S/c1-22-32(27,28)17-8-6-5-7-14(17)25-19-13(21)11-23-20(26-19)24-12-9-15(29-2)18(31-4)16(10-12)30-3/h5-11,22H,1-4H3,(H2,23,24,25,26). The lowest BCUT2D eigenvalue weighted by molar-refractivity contribution is 0.324. The van der Waals surface area contributed by atoms with Crippen molar-refractivity contribution in [2.75, 3.05) is 39.0 Å². The number of benzene rings is 2. The average molecular weight is 571 g/mol. The maximum atomic E-state index is 12.3. The number of nitrogens with zero attached hydrogens (tertiary/aromatic N) is 2. The van der Waals surface area contributed by atoms with Gasteiger partial charge in [0, 0.05) is 24.0 Å². The van der Waals surface area contributed by atoms with Crippen molar-refractivity contribution < 1.29 is 22.6 Å². The number of aromatic nitrogens is 2. The van der Waals surface area contributed by atoms with Crippen LogP contribution in [0.4, 0.5) is 23.1 Å². The molecular weight excluding hydrogens is 549 g/mol. The van der Waals surface area contributed by atoms with Crippen LogP contribution in [-0.2, 0) is 10.0 Å². The molecule has 170 valence electrons. The van der Waals surface area contributed by atoms with E-state index in [0.717, 1.165) is 0 Å². The van der Waals surface area contributed by atoms with E-state index in [4.69, 9.17) is 14.2 Å². The number of hydrogen-bond acceptors (Lipinski definition) is 9. The molecule has 0 bridgehead atoms. The quantitative estimate of drug-likeness (QED) is 0.331.